The van der Waals surface area contributed by atoms with Crippen LogP contribution in [0.15, 0.2) is 144 Å². The minimum Gasteiger partial charge on any atom is -0.274 e. The van der Waals surface area contributed by atoms with Gasteiger partial charge in [-0.3, -0.25) is 9.13 Å². The van der Waals surface area contributed by atoms with E-state index in [4.69, 9.17) is 0 Å². The standard InChI is InChI=1S/C36H32N6S2/c1-5-15-29(16-6-1)19-13-27-43-35-39-37-33(41(35)31-21-9-3-10-22-31)25-26-34-38-40-36(42(34)32-23-11-4-12-24-32)44-28-14-20-30-17-7-2-8-18-30/h1-24H,25-28H2/b19-13+,20-14+. The fourth-order valence-corrected chi connectivity index (χ4v) is 6.31. The third kappa shape index (κ3) is 7.64. The molecule has 0 N–H and O–H groups in total. The van der Waals surface area contributed by atoms with Crippen LogP contribution in [-0.2, 0) is 12.8 Å². The Balaban J connectivity index is 1.20. The van der Waals surface area contributed by atoms with Crippen molar-refractivity contribution in [2.45, 2.75) is 23.2 Å². The van der Waals surface area contributed by atoms with Crippen LogP contribution in [0.2, 0.25) is 0 Å². The van der Waals surface area contributed by atoms with Crippen LogP contribution in [0.4, 0.5) is 0 Å². The lowest BCUT2D eigenvalue weighted by atomic mass is 10.2. The topological polar surface area (TPSA) is 61.4 Å². The Hall–Kier alpha value is -4.66. The summed E-state index contributed by atoms with van der Waals surface area (Å²) in [5.41, 5.74) is 4.47. The van der Waals surface area contributed by atoms with E-state index in [0.717, 1.165) is 44.8 Å². The summed E-state index contributed by atoms with van der Waals surface area (Å²) in [6.07, 6.45) is 9.96. The lowest BCUT2D eigenvalue weighted by Gasteiger charge is -2.11. The highest BCUT2D eigenvalue weighted by Gasteiger charge is 2.18. The second kappa shape index (κ2) is 15.2. The number of aryl methyl sites for hydroxylation is 2. The molecule has 6 rings (SSSR count). The Kier molecular flexibility index (Phi) is 10.1. The Morgan fingerprint density at radius 2 is 0.818 bits per heavy atom. The van der Waals surface area contributed by atoms with Crippen molar-refractivity contribution in [1.82, 2.24) is 29.5 Å². The molecule has 0 spiro atoms. The van der Waals surface area contributed by atoms with E-state index >= 15 is 0 Å². The van der Waals surface area contributed by atoms with Gasteiger partial charge in [0.2, 0.25) is 0 Å². The van der Waals surface area contributed by atoms with Gasteiger partial charge in [0.05, 0.1) is 0 Å². The molecule has 44 heavy (non-hydrogen) atoms. The quantitative estimate of drug-likeness (QED) is 0.122. The summed E-state index contributed by atoms with van der Waals surface area (Å²) in [6.45, 7) is 0. The van der Waals surface area contributed by atoms with Crippen molar-refractivity contribution in [2.75, 3.05) is 11.5 Å². The SMILES string of the molecule is C(=C\c1ccccc1)/CSc1nnc(CCc2nnc(SC/C=C/c3ccccc3)n2-c2ccccc2)n1-c1ccccc1. The summed E-state index contributed by atoms with van der Waals surface area (Å²) in [5.74, 6) is 3.38. The molecular formula is C36H32N6S2. The van der Waals surface area contributed by atoms with Crippen molar-refractivity contribution in [2.24, 2.45) is 0 Å². The summed E-state index contributed by atoms with van der Waals surface area (Å²) < 4.78 is 4.32. The van der Waals surface area contributed by atoms with Gasteiger partial charge in [-0.25, -0.2) is 0 Å². The van der Waals surface area contributed by atoms with Gasteiger partial charge in [0.15, 0.2) is 10.3 Å². The zero-order valence-electron chi connectivity index (χ0n) is 24.2. The Morgan fingerprint density at radius 3 is 1.20 bits per heavy atom. The van der Waals surface area contributed by atoms with Crippen LogP contribution < -0.4 is 0 Å². The normalized spacial score (nSPS) is 11.5. The van der Waals surface area contributed by atoms with Gasteiger partial charge >= 0.3 is 0 Å². The van der Waals surface area contributed by atoms with E-state index in [-0.39, 0.29) is 0 Å². The fraction of sp³-hybridized carbons (Fsp3) is 0.111. The highest BCUT2D eigenvalue weighted by molar-refractivity contribution is 7.99. The van der Waals surface area contributed by atoms with E-state index in [0.29, 0.717) is 12.8 Å². The van der Waals surface area contributed by atoms with Crippen molar-refractivity contribution in [3.63, 3.8) is 0 Å². The molecule has 0 aliphatic heterocycles. The minimum absolute atomic E-state index is 0.672. The molecule has 0 saturated carbocycles. The molecule has 8 heteroatoms. The average molecular weight is 613 g/mol. The van der Waals surface area contributed by atoms with Crippen molar-refractivity contribution in [3.8, 4) is 11.4 Å². The molecule has 0 unspecified atom stereocenters. The summed E-state index contributed by atoms with van der Waals surface area (Å²) in [5, 5.41) is 20.2. The number of benzene rings is 4. The molecule has 0 aliphatic carbocycles. The van der Waals surface area contributed by atoms with Gasteiger partial charge in [0.1, 0.15) is 11.6 Å². The predicted octanol–water partition coefficient (Wildman–Crippen LogP) is 8.24. The first kappa shape index (κ1) is 29.4. The van der Waals surface area contributed by atoms with Crippen LogP contribution in [0.1, 0.15) is 22.8 Å². The van der Waals surface area contributed by atoms with Crippen molar-refractivity contribution >= 4 is 35.7 Å². The van der Waals surface area contributed by atoms with E-state index in [1.54, 1.807) is 23.5 Å². The summed E-state index contributed by atoms with van der Waals surface area (Å²) in [4.78, 5) is 0. The van der Waals surface area contributed by atoms with Gasteiger partial charge < -0.3 is 0 Å². The monoisotopic (exact) mass is 612 g/mol. The summed E-state index contributed by atoms with van der Waals surface area (Å²) in [6, 6.07) is 41.3. The van der Waals surface area contributed by atoms with Crippen LogP contribution in [-0.4, -0.2) is 41.0 Å². The van der Waals surface area contributed by atoms with E-state index in [2.05, 4.69) is 127 Å². The minimum atomic E-state index is 0.672. The van der Waals surface area contributed by atoms with Gasteiger partial charge in [-0.1, -0.05) is 145 Å². The molecule has 4 aromatic carbocycles. The second-order valence-electron chi connectivity index (χ2n) is 9.89. The molecule has 0 atom stereocenters. The molecule has 0 bridgehead atoms. The van der Waals surface area contributed by atoms with E-state index in [1.807, 2.05) is 48.5 Å². The number of thioether (sulfide) groups is 2. The van der Waals surface area contributed by atoms with Gasteiger partial charge in [-0.2, -0.15) is 0 Å². The lowest BCUT2D eigenvalue weighted by molar-refractivity contribution is 0.745. The number of nitrogens with zero attached hydrogens (tertiary/aromatic N) is 6. The molecule has 6 aromatic rings. The molecule has 0 radical (unpaired) electrons. The van der Waals surface area contributed by atoms with Gasteiger partial charge in [-0.15, -0.1) is 20.4 Å². The molecule has 0 saturated heterocycles. The number of hydrogen-bond donors (Lipinski definition) is 0. The summed E-state index contributed by atoms with van der Waals surface area (Å²) in [7, 11) is 0. The van der Waals surface area contributed by atoms with Crippen LogP contribution in [0.5, 0.6) is 0 Å². The molecule has 218 valence electrons. The van der Waals surface area contributed by atoms with Crippen molar-refractivity contribution in [1.29, 1.82) is 0 Å². The number of aromatic nitrogens is 6. The van der Waals surface area contributed by atoms with Gasteiger partial charge in [0.25, 0.3) is 0 Å². The first-order valence-electron chi connectivity index (χ1n) is 14.5. The highest BCUT2D eigenvalue weighted by Crippen LogP contribution is 2.26. The molecule has 0 aliphatic rings. The Bertz CT molecular complexity index is 1660. The second-order valence-corrected chi connectivity index (χ2v) is 11.9. The van der Waals surface area contributed by atoms with Crippen molar-refractivity contribution in [3.05, 3.63) is 156 Å². The van der Waals surface area contributed by atoms with E-state index in [9.17, 15) is 0 Å². The van der Waals surface area contributed by atoms with E-state index in [1.165, 1.54) is 11.1 Å². The largest absolute Gasteiger partial charge is 0.274 e. The van der Waals surface area contributed by atoms with Crippen LogP contribution in [0.3, 0.4) is 0 Å². The number of para-hydroxylation sites is 2. The third-order valence-corrected chi connectivity index (χ3v) is 8.60. The van der Waals surface area contributed by atoms with Crippen LogP contribution >= 0.6 is 23.5 Å². The smallest absolute Gasteiger partial charge is 0.196 e. The van der Waals surface area contributed by atoms with Gasteiger partial charge in [-0.05, 0) is 35.4 Å². The Morgan fingerprint density at radius 1 is 0.455 bits per heavy atom. The molecule has 0 amide bonds. The third-order valence-electron chi connectivity index (χ3n) is 6.84. The Labute approximate surface area is 266 Å². The predicted molar refractivity (Wildman–Crippen MR) is 183 cm³/mol. The molecule has 2 aromatic heterocycles. The molecule has 0 fully saturated rings. The average Bonchev–Trinajstić information content (AvgIpc) is 3.69. The fourth-order valence-electron chi connectivity index (χ4n) is 4.75. The maximum atomic E-state index is 4.64. The maximum absolute atomic E-state index is 4.64. The highest BCUT2D eigenvalue weighted by atomic mass is 32.2. The van der Waals surface area contributed by atoms with Crippen molar-refractivity contribution < 1.29 is 0 Å². The lowest BCUT2D eigenvalue weighted by Crippen LogP contribution is -2.08. The number of rotatable bonds is 13. The first-order chi connectivity index (χ1) is 21.8. The zero-order valence-corrected chi connectivity index (χ0v) is 25.8. The molecule has 6 nitrogen and oxygen atoms in total. The van der Waals surface area contributed by atoms with Crippen LogP contribution in [0.25, 0.3) is 23.5 Å². The maximum Gasteiger partial charge on any atom is 0.196 e. The molecule has 2 heterocycles. The zero-order chi connectivity index (χ0) is 29.8. The van der Waals surface area contributed by atoms with E-state index < -0.39 is 0 Å². The van der Waals surface area contributed by atoms with Gasteiger partial charge in [0, 0.05) is 35.7 Å². The molecular weight excluding hydrogens is 581 g/mol. The first-order valence-corrected chi connectivity index (χ1v) is 16.5. The number of hydrogen-bond acceptors (Lipinski definition) is 6. The van der Waals surface area contributed by atoms with Crippen LogP contribution in [0, 0.1) is 0 Å². The summed E-state index contributed by atoms with van der Waals surface area (Å²) >= 11 is 3.35.